The molecule has 2 rings (SSSR count). The molecule has 1 saturated heterocycles. The summed E-state index contributed by atoms with van der Waals surface area (Å²) in [5, 5.41) is 4.84. The van der Waals surface area contributed by atoms with Crippen LogP contribution < -0.4 is 5.73 Å². The van der Waals surface area contributed by atoms with Gasteiger partial charge in [0.15, 0.2) is 0 Å². The first-order valence-electron chi connectivity index (χ1n) is 6.18. The maximum absolute atomic E-state index is 6.34. The van der Waals surface area contributed by atoms with Gasteiger partial charge in [0.25, 0.3) is 0 Å². The minimum Gasteiger partial charge on any atom is -0.383 e. The van der Waals surface area contributed by atoms with E-state index in [0.29, 0.717) is 18.2 Å². The second-order valence-electron chi connectivity index (χ2n) is 4.84. The molecule has 1 aromatic rings. The van der Waals surface area contributed by atoms with Crippen molar-refractivity contribution in [3.8, 4) is 0 Å². The van der Waals surface area contributed by atoms with E-state index in [0.717, 1.165) is 25.1 Å². The Hall–Kier alpha value is -0.620. The van der Waals surface area contributed by atoms with Gasteiger partial charge in [-0.1, -0.05) is 11.6 Å². The van der Waals surface area contributed by atoms with Crippen LogP contribution >= 0.6 is 11.6 Å². The van der Waals surface area contributed by atoms with Crippen LogP contribution in [0.25, 0.3) is 0 Å². The number of methoxy groups -OCH3 is 1. The molecule has 0 radical (unpaired) electrons. The van der Waals surface area contributed by atoms with E-state index >= 15 is 0 Å². The molecule has 102 valence electrons. The topological polar surface area (TPSA) is 62.3 Å². The van der Waals surface area contributed by atoms with E-state index in [2.05, 4.69) is 5.10 Å². The van der Waals surface area contributed by atoms with E-state index in [-0.39, 0.29) is 11.6 Å². The second-order valence-corrected chi connectivity index (χ2v) is 5.24. The van der Waals surface area contributed by atoms with Crippen LogP contribution in [0.5, 0.6) is 0 Å². The zero-order valence-electron chi connectivity index (χ0n) is 10.9. The summed E-state index contributed by atoms with van der Waals surface area (Å²) >= 11 is 6.20. The first-order valence-corrected chi connectivity index (χ1v) is 6.56. The molecule has 2 N–H and O–H groups in total. The highest BCUT2D eigenvalue weighted by atomic mass is 35.5. The van der Waals surface area contributed by atoms with Gasteiger partial charge in [0.05, 0.1) is 41.7 Å². The third-order valence-electron chi connectivity index (χ3n) is 3.54. The third kappa shape index (κ3) is 2.54. The van der Waals surface area contributed by atoms with Crippen molar-refractivity contribution in [2.75, 3.05) is 20.3 Å². The first-order chi connectivity index (χ1) is 8.58. The van der Waals surface area contributed by atoms with Crippen molar-refractivity contribution in [3.05, 3.63) is 16.9 Å². The molecule has 5 nitrogen and oxygen atoms in total. The average molecular weight is 274 g/mol. The summed E-state index contributed by atoms with van der Waals surface area (Å²) < 4.78 is 12.7. The summed E-state index contributed by atoms with van der Waals surface area (Å²) in [6.45, 7) is 4.01. The van der Waals surface area contributed by atoms with Crippen molar-refractivity contribution < 1.29 is 9.47 Å². The lowest BCUT2D eigenvalue weighted by molar-refractivity contribution is -0.00411. The van der Waals surface area contributed by atoms with Gasteiger partial charge in [-0.3, -0.25) is 4.68 Å². The second kappa shape index (κ2) is 5.57. The molecule has 2 heterocycles. The van der Waals surface area contributed by atoms with Gasteiger partial charge in [-0.15, -0.1) is 0 Å². The number of nitrogens with zero attached hydrogens (tertiary/aromatic N) is 2. The molecule has 2 unspecified atom stereocenters. The zero-order valence-corrected chi connectivity index (χ0v) is 11.6. The van der Waals surface area contributed by atoms with E-state index in [9.17, 15) is 0 Å². The number of aromatic nitrogens is 2. The fourth-order valence-electron chi connectivity index (χ4n) is 2.37. The third-order valence-corrected chi connectivity index (χ3v) is 3.83. The molecule has 0 amide bonds. The van der Waals surface area contributed by atoms with Crippen molar-refractivity contribution in [2.24, 2.45) is 5.73 Å². The summed E-state index contributed by atoms with van der Waals surface area (Å²) in [4.78, 5) is 0. The molecule has 0 aliphatic carbocycles. The number of nitrogens with two attached hydrogens (primary N) is 1. The molecule has 1 aromatic heterocycles. The molecule has 18 heavy (non-hydrogen) atoms. The normalized spacial score (nSPS) is 25.6. The fourth-order valence-corrected chi connectivity index (χ4v) is 2.63. The van der Waals surface area contributed by atoms with Gasteiger partial charge in [-0.05, 0) is 19.8 Å². The van der Waals surface area contributed by atoms with Gasteiger partial charge in [0.2, 0.25) is 0 Å². The minimum atomic E-state index is -0.353. The van der Waals surface area contributed by atoms with Crippen molar-refractivity contribution >= 4 is 11.6 Å². The van der Waals surface area contributed by atoms with E-state index in [1.165, 1.54) is 0 Å². The summed E-state index contributed by atoms with van der Waals surface area (Å²) in [6, 6.07) is -0.271. The van der Waals surface area contributed by atoms with Crippen LogP contribution in [-0.2, 0) is 16.0 Å². The summed E-state index contributed by atoms with van der Waals surface area (Å²) in [6.07, 6.45) is 3.61. The number of hydrogen-bond donors (Lipinski definition) is 1. The molecule has 6 heteroatoms. The maximum Gasteiger partial charge on any atom is 0.0862 e. The lowest BCUT2D eigenvalue weighted by Gasteiger charge is -2.31. The number of halogens is 1. The van der Waals surface area contributed by atoms with Crippen molar-refractivity contribution in [2.45, 2.75) is 38.0 Å². The molecule has 0 aromatic carbocycles. The highest BCUT2D eigenvalue weighted by Gasteiger charge is 2.39. The predicted molar refractivity (Wildman–Crippen MR) is 69.6 cm³/mol. The molecule has 0 saturated carbocycles. The van der Waals surface area contributed by atoms with Crippen LogP contribution in [0.3, 0.4) is 0 Å². The van der Waals surface area contributed by atoms with Crippen LogP contribution in [0.4, 0.5) is 0 Å². The number of hydrogen-bond acceptors (Lipinski definition) is 4. The molecule has 2 atom stereocenters. The Kier molecular flexibility index (Phi) is 4.27. The monoisotopic (exact) mass is 273 g/mol. The van der Waals surface area contributed by atoms with E-state index in [1.807, 2.05) is 11.6 Å². The zero-order chi connectivity index (χ0) is 13.2. The van der Waals surface area contributed by atoms with Gasteiger partial charge in [0, 0.05) is 13.7 Å². The van der Waals surface area contributed by atoms with Gasteiger partial charge >= 0.3 is 0 Å². The largest absolute Gasteiger partial charge is 0.383 e. The Balaban J connectivity index is 2.23. The van der Waals surface area contributed by atoms with Gasteiger partial charge in [-0.25, -0.2) is 0 Å². The SMILES string of the molecule is COCCn1ncc(Cl)c1C(N)C1(C)CCCO1. The van der Waals surface area contributed by atoms with E-state index < -0.39 is 0 Å². The van der Waals surface area contributed by atoms with Crippen molar-refractivity contribution in [1.82, 2.24) is 9.78 Å². The van der Waals surface area contributed by atoms with Gasteiger partial charge in [-0.2, -0.15) is 5.10 Å². The smallest absolute Gasteiger partial charge is 0.0862 e. The molecule has 1 aliphatic heterocycles. The Morgan fingerprint density at radius 2 is 2.50 bits per heavy atom. The highest BCUT2D eigenvalue weighted by Crippen LogP contribution is 2.38. The Morgan fingerprint density at radius 1 is 1.72 bits per heavy atom. The standard InChI is InChI=1S/C12H20ClN3O2/c1-12(4-3-6-18-12)11(14)10-9(13)8-15-16(10)5-7-17-2/h8,11H,3-7,14H2,1-2H3. The molecule has 1 fully saturated rings. The molecular weight excluding hydrogens is 254 g/mol. The van der Waals surface area contributed by atoms with Gasteiger partial charge < -0.3 is 15.2 Å². The Labute approximate surface area is 112 Å². The van der Waals surface area contributed by atoms with Crippen LogP contribution in [0.2, 0.25) is 5.02 Å². The highest BCUT2D eigenvalue weighted by molar-refractivity contribution is 6.31. The van der Waals surface area contributed by atoms with E-state index in [4.69, 9.17) is 26.8 Å². The van der Waals surface area contributed by atoms with Crippen LogP contribution in [-0.4, -0.2) is 35.7 Å². The maximum atomic E-state index is 6.34. The first kappa shape index (κ1) is 13.8. The number of ether oxygens (including phenoxy) is 2. The molecule has 1 aliphatic rings. The van der Waals surface area contributed by atoms with Crippen LogP contribution in [0.1, 0.15) is 31.5 Å². The van der Waals surface area contributed by atoms with Crippen molar-refractivity contribution in [3.63, 3.8) is 0 Å². The summed E-state index contributed by atoms with van der Waals surface area (Å²) in [7, 11) is 1.66. The van der Waals surface area contributed by atoms with E-state index in [1.54, 1.807) is 13.3 Å². The minimum absolute atomic E-state index is 0.271. The van der Waals surface area contributed by atoms with Crippen molar-refractivity contribution in [1.29, 1.82) is 0 Å². The summed E-state index contributed by atoms with van der Waals surface area (Å²) in [5.74, 6) is 0. The lowest BCUT2D eigenvalue weighted by Crippen LogP contribution is -2.39. The predicted octanol–water partition coefficient (Wildman–Crippen LogP) is 1.75. The molecular formula is C12H20ClN3O2. The van der Waals surface area contributed by atoms with Crippen LogP contribution in [0, 0.1) is 0 Å². The average Bonchev–Trinajstić information content (AvgIpc) is 2.93. The lowest BCUT2D eigenvalue weighted by atomic mass is 9.91. The Bertz CT molecular complexity index is 402. The van der Waals surface area contributed by atoms with Crippen LogP contribution in [0.15, 0.2) is 6.20 Å². The quantitative estimate of drug-likeness (QED) is 0.888. The summed E-state index contributed by atoms with van der Waals surface area (Å²) in [5.41, 5.74) is 6.82. The van der Waals surface area contributed by atoms with Gasteiger partial charge in [0.1, 0.15) is 0 Å². The number of rotatable bonds is 5. The fraction of sp³-hybridized carbons (Fsp3) is 0.750. The Morgan fingerprint density at radius 3 is 3.11 bits per heavy atom. The molecule has 0 spiro atoms. The molecule has 0 bridgehead atoms.